The molecular weight excluding hydrogens is 423 g/mol. The average molecular weight is 443 g/mol. The quantitative estimate of drug-likeness (QED) is 0.434. The number of H-pyrrole nitrogens is 1. The number of nitrogens with zero attached hydrogens (tertiary/aromatic N) is 2. The zero-order valence-electron chi connectivity index (χ0n) is 17.3. The summed E-state index contributed by atoms with van der Waals surface area (Å²) < 4.78 is 46.0. The number of aryl methyl sites for hydroxylation is 1. The predicted octanol–water partition coefficient (Wildman–Crippen LogP) is 5.10. The number of aromatic amines is 1. The molecule has 0 aliphatic heterocycles. The van der Waals surface area contributed by atoms with Crippen molar-refractivity contribution in [1.82, 2.24) is 14.8 Å². The van der Waals surface area contributed by atoms with E-state index in [1.807, 2.05) is 13.0 Å². The van der Waals surface area contributed by atoms with Crippen LogP contribution in [-0.4, -0.2) is 25.8 Å². The van der Waals surface area contributed by atoms with Crippen molar-refractivity contribution >= 4 is 16.9 Å². The largest absolute Gasteiger partial charge is 0.487 e. The highest BCUT2D eigenvalue weighted by molar-refractivity contribution is 5.87. The number of aromatic nitrogens is 3. The van der Waals surface area contributed by atoms with Gasteiger partial charge >= 0.3 is 12.1 Å². The molecule has 166 valence electrons. The van der Waals surface area contributed by atoms with Crippen LogP contribution in [0, 0.1) is 6.92 Å². The van der Waals surface area contributed by atoms with E-state index in [0.717, 1.165) is 34.3 Å². The van der Waals surface area contributed by atoms with E-state index in [0.29, 0.717) is 22.6 Å². The van der Waals surface area contributed by atoms with Gasteiger partial charge in [0.05, 0.1) is 23.4 Å². The molecule has 0 saturated carbocycles. The maximum Gasteiger partial charge on any atom is 0.416 e. The molecule has 4 aromatic rings. The second kappa shape index (κ2) is 8.07. The fraction of sp³-hybridized carbons (Fsp3) is 0.217. The Kier molecular flexibility index (Phi) is 5.41. The van der Waals surface area contributed by atoms with Crippen LogP contribution in [-0.2, 0) is 31.0 Å². The number of fused-ring (bicyclic) bond motifs is 1. The number of ether oxygens (including phenoxy) is 1. The molecule has 9 heteroatoms. The highest BCUT2D eigenvalue weighted by Crippen LogP contribution is 2.32. The first-order valence-electron chi connectivity index (χ1n) is 9.78. The Morgan fingerprint density at radius 2 is 1.91 bits per heavy atom. The minimum atomic E-state index is -4.38. The molecule has 0 unspecified atom stereocenters. The van der Waals surface area contributed by atoms with Crippen molar-refractivity contribution in [3.8, 4) is 17.0 Å². The van der Waals surface area contributed by atoms with Gasteiger partial charge in [-0.15, -0.1) is 0 Å². The number of rotatable bonds is 6. The fourth-order valence-electron chi connectivity index (χ4n) is 3.67. The van der Waals surface area contributed by atoms with E-state index in [1.165, 1.54) is 12.1 Å². The Balaban J connectivity index is 1.53. The Hall–Kier alpha value is -3.75. The Morgan fingerprint density at radius 1 is 1.19 bits per heavy atom. The summed E-state index contributed by atoms with van der Waals surface area (Å²) in [5, 5.41) is 14.3. The van der Waals surface area contributed by atoms with Crippen molar-refractivity contribution in [3.63, 3.8) is 0 Å². The Bertz CT molecular complexity index is 1290. The van der Waals surface area contributed by atoms with Crippen molar-refractivity contribution < 1.29 is 27.8 Å². The van der Waals surface area contributed by atoms with Crippen LogP contribution in [0.25, 0.3) is 22.2 Å². The van der Waals surface area contributed by atoms with Crippen molar-refractivity contribution in [3.05, 3.63) is 71.0 Å². The molecule has 32 heavy (non-hydrogen) atoms. The number of halogens is 3. The van der Waals surface area contributed by atoms with Crippen LogP contribution >= 0.6 is 0 Å². The molecule has 0 bridgehead atoms. The number of hydrogen-bond acceptors (Lipinski definition) is 3. The minimum Gasteiger partial charge on any atom is -0.487 e. The van der Waals surface area contributed by atoms with Crippen LogP contribution < -0.4 is 4.74 Å². The summed E-state index contributed by atoms with van der Waals surface area (Å²) in [5.41, 5.74) is 3.56. The fourth-order valence-corrected chi connectivity index (χ4v) is 3.67. The molecule has 0 aliphatic rings. The van der Waals surface area contributed by atoms with Gasteiger partial charge in [-0.25, -0.2) is 0 Å². The highest BCUT2D eigenvalue weighted by Gasteiger charge is 2.30. The van der Waals surface area contributed by atoms with Crippen molar-refractivity contribution in [2.45, 2.75) is 26.1 Å². The summed E-state index contributed by atoms with van der Waals surface area (Å²) in [4.78, 5) is 14.0. The first-order valence-corrected chi connectivity index (χ1v) is 9.78. The van der Waals surface area contributed by atoms with Crippen LogP contribution in [0.5, 0.6) is 5.75 Å². The van der Waals surface area contributed by atoms with Gasteiger partial charge in [-0.1, -0.05) is 12.1 Å². The molecule has 0 radical (unpaired) electrons. The lowest BCUT2D eigenvalue weighted by Gasteiger charge is -2.08. The number of carboxylic acid groups (broad SMARTS) is 1. The van der Waals surface area contributed by atoms with Gasteiger partial charge in [0.2, 0.25) is 0 Å². The van der Waals surface area contributed by atoms with Gasteiger partial charge in [0.25, 0.3) is 0 Å². The third kappa shape index (κ3) is 4.18. The molecule has 0 aliphatic carbocycles. The summed E-state index contributed by atoms with van der Waals surface area (Å²) in [5.74, 6) is -0.306. The lowest BCUT2D eigenvalue weighted by atomic mass is 10.0. The first kappa shape index (κ1) is 21.5. The highest BCUT2D eigenvalue weighted by atomic mass is 19.4. The van der Waals surface area contributed by atoms with E-state index in [1.54, 1.807) is 30.1 Å². The molecule has 2 aromatic heterocycles. The van der Waals surface area contributed by atoms with Crippen LogP contribution in [0.1, 0.15) is 22.4 Å². The van der Waals surface area contributed by atoms with Gasteiger partial charge in [-0.05, 0) is 36.8 Å². The number of carbonyl (C=O) groups is 1. The third-order valence-electron chi connectivity index (χ3n) is 5.37. The lowest BCUT2D eigenvalue weighted by molar-refractivity contribution is -0.138. The van der Waals surface area contributed by atoms with Crippen molar-refractivity contribution in [2.75, 3.05) is 0 Å². The molecule has 0 spiro atoms. The second-order valence-corrected chi connectivity index (χ2v) is 7.50. The maximum absolute atomic E-state index is 12.8. The number of benzene rings is 2. The standard InChI is InChI=1S/C23H20F3N3O3/c1-13-20(29(2)28-22(13)14-3-5-16(6-4-14)23(24,25)26)12-32-17-7-8-18-15(9-21(30)31)11-27-19(18)10-17/h3-8,10-11,27H,9,12H2,1-2H3,(H,30,31). The van der Waals surface area contributed by atoms with Gasteiger partial charge in [-0.3, -0.25) is 9.48 Å². The summed E-state index contributed by atoms with van der Waals surface area (Å²) in [6, 6.07) is 10.3. The topological polar surface area (TPSA) is 80.1 Å². The van der Waals surface area contributed by atoms with Gasteiger partial charge < -0.3 is 14.8 Å². The molecular formula is C23H20F3N3O3. The van der Waals surface area contributed by atoms with Crippen molar-refractivity contribution in [2.24, 2.45) is 7.05 Å². The van der Waals surface area contributed by atoms with Gasteiger partial charge in [0.1, 0.15) is 12.4 Å². The van der Waals surface area contributed by atoms with E-state index in [-0.39, 0.29) is 13.0 Å². The summed E-state index contributed by atoms with van der Waals surface area (Å²) in [6.07, 6.45) is -2.78. The van der Waals surface area contributed by atoms with E-state index in [9.17, 15) is 18.0 Å². The molecule has 6 nitrogen and oxygen atoms in total. The van der Waals surface area contributed by atoms with Gasteiger partial charge in [-0.2, -0.15) is 18.3 Å². The van der Waals surface area contributed by atoms with E-state index in [2.05, 4.69) is 10.1 Å². The number of carboxylic acids is 1. The smallest absolute Gasteiger partial charge is 0.416 e. The summed E-state index contributed by atoms with van der Waals surface area (Å²) in [7, 11) is 1.76. The molecule has 0 atom stereocenters. The first-order chi connectivity index (χ1) is 15.1. The SMILES string of the molecule is Cc1c(-c2ccc(C(F)(F)F)cc2)nn(C)c1COc1ccc2c(CC(=O)O)c[nH]c2c1. The normalized spacial score (nSPS) is 11.8. The van der Waals surface area contributed by atoms with Crippen LogP contribution in [0.15, 0.2) is 48.7 Å². The zero-order chi connectivity index (χ0) is 23.0. The van der Waals surface area contributed by atoms with E-state index >= 15 is 0 Å². The Morgan fingerprint density at radius 3 is 2.56 bits per heavy atom. The molecule has 2 N–H and O–H groups in total. The van der Waals surface area contributed by atoms with Crippen LogP contribution in [0.2, 0.25) is 0 Å². The van der Waals surface area contributed by atoms with Gasteiger partial charge in [0.15, 0.2) is 0 Å². The molecule has 4 rings (SSSR count). The van der Waals surface area contributed by atoms with Gasteiger partial charge in [0, 0.05) is 41.3 Å². The summed E-state index contributed by atoms with van der Waals surface area (Å²) >= 11 is 0. The molecule has 0 fully saturated rings. The molecule has 2 heterocycles. The number of nitrogens with one attached hydrogen (secondary N) is 1. The minimum absolute atomic E-state index is 0.0683. The number of hydrogen-bond donors (Lipinski definition) is 2. The van der Waals surface area contributed by atoms with E-state index < -0.39 is 17.7 Å². The molecule has 2 aromatic carbocycles. The summed E-state index contributed by atoms with van der Waals surface area (Å²) in [6.45, 7) is 2.06. The van der Waals surface area contributed by atoms with Crippen molar-refractivity contribution in [1.29, 1.82) is 0 Å². The van der Waals surface area contributed by atoms with E-state index in [4.69, 9.17) is 9.84 Å². The molecule has 0 amide bonds. The average Bonchev–Trinajstić information content (AvgIpc) is 3.25. The number of aliphatic carboxylic acids is 1. The monoisotopic (exact) mass is 443 g/mol. The Labute approximate surface area is 181 Å². The zero-order valence-corrected chi connectivity index (χ0v) is 17.3. The number of alkyl halides is 3. The molecule has 0 saturated heterocycles. The van der Waals surface area contributed by atoms with Crippen LogP contribution in [0.3, 0.4) is 0 Å². The predicted molar refractivity (Wildman–Crippen MR) is 112 cm³/mol. The third-order valence-corrected chi connectivity index (χ3v) is 5.37. The lowest BCUT2D eigenvalue weighted by Crippen LogP contribution is -2.04. The second-order valence-electron chi connectivity index (χ2n) is 7.50. The van der Waals surface area contributed by atoms with Crippen LogP contribution in [0.4, 0.5) is 13.2 Å². The maximum atomic E-state index is 12.8.